The fourth-order valence-corrected chi connectivity index (χ4v) is 2.32. The van der Waals surface area contributed by atoms with Crippen LogP contribution in [0.4, 0.5) is 4.39 Å². The molecular formula is C16H25BrFN. The van der Waals surface area contributed by atoms with Crippen LogP contribution in [0.5, 0.6) is 0 Å². The Morgan fingerprint density at radius 1 is 1.21 bits per heavy atom. The van der Waals surface area contributed by atoms with Gasteiger partial charge in [-0.15, -0.1) is 0 Å². The molecule has 2 unspecified atom stereocenters. The minimum absolute atomic E-state index is 0.146. The summed E-state index contributed by atoms with van der Waals surface area (Å²) >= 11 is 3.50. The minimum Gasteiger partial charge on any atom is -0.312 e. The third kappa shape index (κ3) is 6.05. The standard InChI is InChI=1S/C16H25BrFN/c1-11(12(2)10-19-16(3,4)5)8-13-9-14(18)6-7-15(13)17/h6-7,9,11-12,19H,8,10H2,1-5H3. The Labute approximate surface area is 125 Å². The third-order valence-electron chi connectivity index (χ3n) is 3.48. The first kappa shape index (κ1) is 16.6. The number of rotatable bonds is 5. The highest BCUT2D eigenvalue weighted by Gasteiger charge is 2.17. The summed E-state index contributed by atoms with van der Waals surface area (Å²) in [5.74, 6) is 0.896. The fourth-order valence-electron chi connectivity index (χ4n) is 1.92. The van der Waals surface area contributed by atoms with Crippen LogP contribution < -0.4 is 5.32 Å². The first-order valence-corrected chi connectivity index (χ1v) is 7.67. The Morgan fingerprint density at radius 2 is 1.84 bits per heavy atom. The first-order valence-electron chi connectivity index (χ1n) is 6.88. The van der Waals surface area contributed by atoms with E-state index < -0.39 is 0 Å². The topological polar surface area (TPSA) is 12.0 Å². The van der Waals surface area contributed by atoms with Crippen LogP contribution in [-0.2, 0) is 6.42 Å². The Bertz CT molecular complexity index is 412. The summed E-state index contributed by atoms with van der Waals surface area (Å²) in [6.07, 6.45) is 0.894. The summed E-state index contributed by atoms with van der Waals surface area (Å²) in [6, 6.07) is 4.91. The van der Waals surface area contributed by atoms with Crippen LogP contribution >= 0.6 is 15.9 Å². The Kier molecular flexibility index (Phi) is 6.00. The molecule has 19 heavy (non-hydrogen) atoms. The van der Waals surface area contributed by atoms with E-state index in [0.717, 1.165) is 23.0 Å². The van der Waals surface area contributed by atoms with Gasteiger partial charge in [-0.3, -0.25) is 0 Å². The van der Waals surface area contributed by atoms with Gasteiger partial charge >= 0.3 is 0 Å². The molecule has 1 rings (SSSR count). The Balaban J connectivity index is 2.58. The van der Waals surface area contributed by atoms with Gasteiger partial charge in [0.1, 0.15) is 5.82 Å². The van der Waals surface area contributed by atoms with Gasteiger partial charge in [0, 0.05) is 10.0 Å². The predicted molar refractivity (Wildman–Crippen MR) is 83.9 cm³/mol. The van der Waals surface area contributed by atoms with E-state index in [2.05, 4.69) is 55.9 Å². The summed E-state index contributed by atoms with van der Waals surface area (Å²) in [7, 11) is 0. The van der Waals surface area contributed by atoms with Crippen molar-refractivity contribution >= 4 is 15.9 Å². The molecule has 2 atom stereocenters. The van der Waals surface area contributed by atoms with Crippen molar-refractivity contribution in [1.82, 2.24) is 5.32 Å². The van der Waals surface area contributed by atoms with Crippen molar-refractivity contribution in [1.29, 1.82) is 0 Å². The maximum atomic E-state index is 13.3. The lowest BCUT2D eigenvalue weighted by molar-refractivity contribution is 0.317. The molecule has 0 radical (unpaired) electrons. The van der Waals surface area contributed by atoms with Gasteiger partial charge in [-0.1, -0.05) is 29.8 Å². The lowest BCUT2D eigenvalue weighted by Crippen LogP contribution is -2.40. The van der Waals surface area contributed by atoms with E-state index in [1.807, 2.05) is 0 Å². The third-order valence-corrected chi connectivity index (χ3v) is 4.25. The maximum Gasteiger partial charge on any atom is 0.123 e. The molecule has 1 aromatic carbocycles. The summed E-state index contributed by atoms with van der Waals surface area (Å²) in [6.45, 7) is 12.0. The van der Waals surface area contributed by atoms with Gasteiger partial charge < -0.3 is 5.32 Å². The van der Waals surface area contributed by atoms with Crippen LogP contribution in [0.3, 0.4) is 0 Å². The van der Waals surface area contributed by atoms with Crippen molar-refractivity contribution < 1.29 is 4.39 Å². The van der Waals surface area contributed by atoms with Gasteiger partial charge in [-0.2, -0.15) is 0 Å². The molecule has 3 heteroatoms. The molecule has 108 valence electrons. The summed E-state index contributed by atoms with van der Waals surface area (Å²) in [4.78, 5) is 0. The molecule has 1 N–H and O–H groups in total. The minimum atomic E-state index is -0.161. The highest BCUT2D eigenvalue weighted by atomic mass is 79.9. The van der Waals surface area contributed by atoms with E-state index in [-0.39, 0.29) is 11.4 Å². The van der Waals surface area contributed by atoms with Gasteiger partial charge in [0.2, 0.25) is 0 Å². The second kappa shape index (κ2) is 6.85. The molecule has 0 heterocycles. The molecule has 1 nitrogen and oxygen atoms in total. The molecule has 0 spiro atoms. The Hall–Kier alpha value is -0.410. The van der Waals surface area contributed by atoms with E-state index in [0.29, 0.717) is 11.8 Å². The molecule has 0 aliphatic carbocycles. The van der Waals surface area contributed by atoms with Gasteiger partial charge in [0.15, 0.2) is 0 Å². The first-order chi connectivity index (χ1) is 8.69. The molecule has 0 saturated heterocycles. The predicted octanol–water partition coefficient (Wildman–Crippen LogP) is 4.79. The van der Waals surface area contributed by atoms with E-state index in [9.17, 15) is 4.39 Å². The fraction of sp³-hybridized carbons (Fsp3) is 0.625. The normalized spacial score (nSPS) is 15.3. The van der Waals surface area contributed by atoms with E-state index in [4.69, 9.17) is 0 Å². The average Bonchev–Trinajstić information content (AvgIpc) is 2.29. The lowest BCUT2D eigenvalue weighted by atomic mass is 9.89. The van der Waals surface area contributed by atoms with E-state index >= 15 is 0 Å². The molecule has 0 saturated carbocycles. The number of halogens is 2. The molecule has 0 bridgehead atoms. The quantitative estimate of drug-likeness (QED) is 0.818. The molecule has 1 aromatic rings. The van der Waals surface area contributed by atoms with Crippen LogP contribution in [0, 0.1) is 17.7 Å². The largest absolute Gasteiger partial charge is 0.312 e. The van der Waals surface area contributed by atoms with E-state index in [1.54, 1.807) is 12.1 Å². The number of benzene rings is 1. The van der Waals surface area contributed by atoms with Gasteiger partial charge in [-0.25, -0.2) is 4.39 Å². The number of nitrogens with one attached hydrogen (secondary N) is 1. The van der Waals surface area contributed by atoms with Crippen molar-refractivity contribution in [2.45, 2.75) is 46.6 Å². The van der Waals surface area contributed by atoms with Gasteiger partial charge in [0.05, 0.1) is 0 Å². The second-order valence-corrected chi connectivity index (χ2v) is 7.38. The van der Waals surface area contributed by atoms with E-state index in [1.165, 1.54) is 6.07 Å². The summed E-state index contributed by atoms with van der Waals surface area (Å²) in [5.41, 5.74) is 1.20. The zero-order chi connectivity index (χ0) is 14.6. The zero-order valence-corrected chi connectivity index (χ0v) is 14.1. The van der Waals surface area contributed by atoms with Crippen molar-refractivity contribution in [3.63, 3.8) is 0 Å². The average molecular weight is 330 g/mol. The van der Waals surface area contributed by atoms with Crippen LogP contribution in [0.1, 0.15) is 40.2 Å². The SMILES string of the molecule is CC(CNC(C)(C)C)C(C)Cc1cc(F)ccc1Br. The maximum absolute atomic E-state index is 13.3. The van der Waals surface area contributed by atoms with Crippen molar-refractivity contribution in [3.05, 3.63) is 34.1 Å². The smallest absolute Gasteiger partial charge is 0.123 e. The van der Waals surface area contributed by atoms with Gasteiger partial charge in [-0.05, 0) is 69.3 Å². The van der Waals surface area contributed by atoms with Crippen LogP contribution in [0.15, 0.2) is 22.7 Å². The van der Waals surface area contributed by atoms with Crippen LogP contribution in [0.25, 0.3) is 0 Å². The van der Waals surface area contributed by atoms with Crippen molar-refractivity contribution in [2.24, 2.45) is 11.8 Å². The summed E-state index contributed by atoms with van der Waals surface area (Å²) in [5, 5.41) is 3.53. The van der Waals surface area contributed by atoms with Crippen LogP contribution in [0.2, 0.25) is 0 Å². The number of hydrogen-bond acceptors (Lipinski definition) is 1. The molecule has 0 fully saturated rings. The van der Waals surface area contributed by atoms with Crippen LogP contribution in [-0.4, -0.2) is 12.1 Å². The van der Waals surface area contributed by atoms with Crippen molar-refractivity contribution in [2.75, 3.05) is 6.54 Å². The molecule has 0 aliphatic heterocycles. The highest BCUT2D eigenvalue weighted by molar-refractivity contribution is 9.10. The lowest BCUT2D eigenvalue weighted by Gasteiger charge is -2.27. The molecule has 0 amide bonds. The second-order valence-electron chi connectivity index (χ2n) is 6.53. The summed E-state index contributed by atoms with van der Waals surface area (Å²) < 4.78 is 14.3. The monoisotopic (exact) mass is 329 g/mol. The van der Waals surface area contributed by atoms with Crippen molar-refractivity contribution in [3.8, 4) is 0 Å². The Morgan fingerprint density at radius 3 is 2.42 bits per heavy atom. The highest BCUT2D eigenvalue weighted by Crippen LogP contribution is 2.24. The molecule has 0 aliphatic rings. The van der Waals surface area contributed by atoms with Gasteiger partial charge in [0.25, 0.3) is 0 Å². The molecule has 0 aromatic heterocycles. The number of hydrogen-bond donors (Lipinski definition) is 1. The zero-order valence-electron chi connectivity index (χ0n) is 12.6. The molecular weight excluding hydrogens is 305 g/mol.